The molecule has 1 aromatic carbocycles. The fraction of sp³-hybridized carbons (Fsp3) is 0.188. The Morgan fingerprint density at radius 2 is 1.87 bits per heavy atom. The zero-order chi connectivity index (χ0) is 16.8. The standard InChI is InChI=1S/C16H17FN4O2/c17-12-3-1-10(2-4-12)7-11(15(18)22)8-21-14-5-6-20-9-13(14)16(19)23/h1-6,9,11H,7-8H2,(H2,18,22)(H2,19,23)(H,20,21). The molecular weight excluding hydrogens is 299 g/mol. The maximum Gasteiger partial charge on any atom is 0.252 e. The van der Waals surface area contributed by atoms with Crippen LogP contribution in [0.15, 0.2) is 42.7 Å². The maximum absolute atomic E-state index is 12.9. The number of nitrogens with two attached hydrogens (primary N) is 2. The average molecular weight is 316 g/mol. The number of nitrogens with zero attached hydrogens (tertiary/aromatic N) is 1. The molecular formula is C16H17FN4O2. The summed E-state index contributed by atoms with van der Waals surface area (Å²) in [6, 6.07) is 7.46. The second-order valence-electron chi connectivity index (χ2n) is 5.10. The molecule has 1 unspecified atom stereocenters. The molecule has 2 aromatic rings. The maximum atomic E-state index is 12.9. The van der Waals surface area contributed by atoms with E-state index in [-0.39, 0.29) is 17.9 Å². The number of benzene rings is 1. The van der Waals surface area contributed by atoms with Crippen molar-refractivity contribution in [3.8, 4) is 0 Å². The first-order valence-corrected chi connectivity index (χ1v) is 6.99. The number of pyridine rings is 1. The van der Waals surface area contributed by atoms with Gasteiger partial charge >= 0.3 is 0 Å². The van der Waals surface area contributed by atoms with Crippen LogP contribution in [0.25, 0.3) is 0 Å². The molecule has 5 N–H and O–H groups in total. The summed E-state index contributed by atoms with van der Waals surface area (Å²) in [5, 5.41) is 2.99. The van der Waals surface area contributed by atoms with Gasteiger partial charge in [-0.3, -0.25) is 14.6 Å². The van der Waals surface area contributed by atoms with Gasteiger partial charge in [0.1, 0.15) is 5.82 Å². The summed E-state index contributed by atoms with van der Waals surface area (Å²) in [5.41, 5.74) is 12.2. The first kappa shape index (κ1) is 16.4. The van der Waals surface area contributed by atoms with Gasteiger partial charge in [-0.15, -0.1) is 0 Å². The Bertz CT molecular complexity index is 703. The Morgan fingerprint density at radius 3 is 2.48 bits per heavy atom. The summed E-state index contributed by atoms with van der Waals surface area (Å²) in [6.45, 7) is 0.219. The Labute approximate surface area is 132 Å². The highest BCUT2D eigenvalue weighted by atomic mass is 19.1. The van der Waals surface area contributed by atoms with Gasteiger partial charge in [0.2, 0.25) is 5.91 Å². The number of aromatic nitrogens is 1. The van der Waals surface area contributed by atoms with Gasteiger partial charge in [0, 0.05) is 18.9 Å². The van der Waals surface area contributed by atoms with Crippen LogP contribution in [0.1, 0.15) is 15.9 Å². The molecule has 0 saturated carbocycles. The van der Waals surface area contributed by atoms with Crippen molar-refractivity contribution in [2.75, 3.05) is 11.9 Å². The number of amides is 2. The summed E-state index contributed by atoms with van der Waals surface area (Å²) >= 11 is 0. The molecule has 1 atom stereocenters. The second-order valence-corrected chi connectivity index (χ2v) is 5.10. The van der Waals surface area contributed by atoms with E-state index in [2.05, 4.69) is 10.3 Å². The van der Waals surface area contributed by atoms with Crippen LogP contribution >= 0.6 is 0 Å². The van der Waals surface area contributed by atoms with Crippen molar-refractivity contribution in [3.05, 3.63) is 59.7 Å². The van der Waals surface area contributed by atoms with E-state index < -0.39 is 17.7 Å². The first-order chi connectivity index (χ1) is 11.0. The van der Waals surface area contributed by atoms with Crippen molar-refractivity contribution in [2.24, 2.45) is 17.4 Å². The summed E-state index contributed by atoms with van der Waals surface area (Å²) in [7, 11) is 0. The molecule has 1 aromatic heterocycles. The molecule has 6 nitrogen and oxygen atoms in total. The van der Waals surface area contributed by atoms with E-state index in [9.17, 15) is 14.0 Å². The Kier molecular flexibility index (Phi) is 5.24. The average Bonchev–Trinajstić information content (AvgIpc) is 2.53. The summed E-state index contributed by atoms with van der Waals surface area (Å²) < 4.78 is 12.9. The number of halogens is 1. The number of carbonyl (C=O) groups excluding carboxylic acids is 2. The molecule has 2 rings (SSSR count). The number of hydrogen-bond donors (Lipinski definition) is 3. The summed E-state index contributed by atoms with van der Waals surface area (Å²) in [5.74, 6) is -1.97. The SMILES string of the molecule is NC(=O)c1cnccc1NCC(Cc1ccc(F)cc1)C(N)=O. The van der Waals surface area contributed by atoms with Crippen LogP contribution in [-0.4, -0.2) is 23.3 Å². The highest BCUT2D eigenvalue weighted by Crippen LogP contribution is 2.15. The zero-order valence-electron chi connectivity index (χ0n) is 12.3. The van der Waals surface area contributed by atoms with Crippen LogP contribution in [0, 0.1) is 11.7 Å². The van der Waals surface area contributed by atoms with Gasteiger partial charge < -0.3 is 16.8 Å². The van der Waals surface area contributed by atoms with Crippen LogP contribution < -0.4 is 16.8 Å². The molecule has 0 fully saturated rings. The molecule has 2 amide bonds. The minimum Gasteiger partial charge on any atom is -0.383 e. The van der Waals surface area contributed by atoms with Crippen molar-refractivity contribution in [1.29, 1.82) is 0 Å². The van der Waals surface area contributed by atoms with Crippen LogP contribution in [0.2, 0.25) is 0 Å². The molecule has 1 heterocycles. The first-order valence-electron chi connectivity index (χ1n) is 6.99. The topological polar surface area (TPSA) is 111 Å². The van der Waals surface area contributed by atoms with Gasteiger partial charge in [0.05, 0.1) is 17.2 Å². The monoisotopic (exact) mass is 316 g/mol. The minimum absolute atomic E-state index is 0.219. The number of nitrogens with one attached hydrogen (secondary N) is 1. The lowest BCUT2D eigenvalue weighted by Crippen LogP contribution is -2.31. The molecule has 0 aliphatic rings. The number of rotatable bonds is 7. The lowest BCUT2D eigenvalue weighted by atomic mass is 9.98. The smallest absolute Gasteiger partial charge is 0.252 e. The van der Waals surface area contributed by atoms with Gasteiger partial charge in [0.15, 0.2) is 0 Å². The fourth-order valence-electron chi connectivity index (χ4n) is 2.16. The van der Waals surface area contributed by atoms with Crippen molar-refractivity contribution in [3.63, 3.8) is 0 Å². The number of primary amides is 2. The Morgan fingerprint density at radius 1 is 1.17 bits per heavy atom. The van der Waals surface area contributed by atoms with Crippen LogP contribution in [-0.2, 0) is 11.2 Å². The van der Waals surface area contributed by atoms with Gasteiger partial charge in [-0.2, -0.15) is 0 Å². The summed E-state index contributed by atoms with van der Waals surface area (Å²) in [4.78, 5) is 26.8. The highest BCUT2D eigenvalue weighted by Gasteiger charge is 2.17. The third-order valence-electron chi connectivity index (χ3n) is 3.42. The predicted octanol–water partition coefficient (Wildman–Crippen LogP) is 1.08. The molecule has 0 spiro atoms. The van der Waals surface area contributed by atoms with Gasteiger partial charge in [0.25, 0.3) is 5.91 Å². The van der Waals surface area contributed by atoms with E-state index >= 15 is 0 Å². The van der Waals surface area contributed by atoms with Crippen molar-refractivity contribution >= 4 is 17.5 Å². The fourth-order valence-corrected chi connectivity index (χ4v) is 2.16. The van der Waals surface area contributed by atoms with Crippen LogP contribution in [0.5, 0.6) is 0 Å². The molecule has 0 aliphatic carbocycles. The molecule has 0 radical (unpaired) electrons. The Hall–Kier alpha value is -2.96. The van der Waals surface area contributed by atoms with E-state index in [1.165, 1.54) is 24.5 Å². The summed E-state index contributed by atoms with van der Waals surface area (Å²) in [6.07, 6.45) is 3.22. The minimum atomic E-state index is -0.616. The lowest BCUT2D eigenvalue weighted by molar-refractivity contribution is -0.121. The normalized spacial score (nSPS) is 11.7. The third-order valence-corrected chi connectivity index (χ3v) is 3.42. The van der Waals surface area contributed by atoms with E-state index in [1.807, 2.05) is 0 Å². The molecule has 120 valence electrons. The van der Waals surface area contributed by atoms with E-state index in [4.69, 9.17) is 11.5 Å². The van der Waals surface area contributed by atoms with Gasteiger partial charge in [-0.1, -0.05) is 12.1 Å². The number of anilines is 1. The van der Waals surface area contributed by atoms with E-state index in [1.54, 1.807) is 18.2 Å². The largest absolute Gasteiger partial charge is 0.383 e. The third kappa shape index (κ3) is 4.50. The second kappa shape index (κ2) is 7.35. The van der Waals surface area contributed by atoms with E-state index in [0.717, 1.165) is 5.56 Å². The van der Waals surface area contributed by atoms with Crippen molar-refractivity contribution < 1.29 is 14.0 Å². The molecule has 0 saturated heterocycles. The van der Waals surface area contributed by atoms with Gasteiger partial charge in [-0.25, -0.2) is 4.39 Å². The van der Waals surface area contributed by atoms with Crippen molar-refractivity contribution in [1.82, 2.24) is 4.98 Å². The quantitative estimate of drug-likeness (QED) is 0.709. The van der Waals surface area contributed by atoms with Gasteiger partial charge in [-0.05, 0) is 30.2 Å². The Balaban J connectivity index is 2.07. The molecule has 0 bridgehead atoms. The number of hydrogen-bond acceptors (Lipinski definition) is 4. The highest BCUT2D eigenvalue weighted by molar-refractivity contribution is 5.98. The van der Waals surface area contributed by atoms with Crippen LogP contribution in [0.4, 0.5) is 10.1 Å². The molecule has 7 heteroatoms. The van der Waals surface area contributed by atoms with Crippen LogP contribution in [0.3, 0.4) is 0 Å². The number of carbonyl (C=O) groups is 2. The van der Waals surface area contributed by atoms with E-state index in [0.29, 0.717) is 12.1 Å². The molecule has 0 aliphatic heterocycles. The van der Waals surface area contributed by atoms with Crippen molar-refractivity contribution in [2.45, 2.75) is 6.42 Å². The predicted molar refractivity (Wildman–Crippen MR) is 84.0 cm³/mol. The lowest BCUT2D eigenvalue weighted by Gasteiger charge is -2.16. The zero-order valence-corrected chi connectivity index (χ0v) is 12.3. The molecule has 23 heavy (non-hydrogen) atoms.